The normalized spacial score (nSPS) is 23.0. The zero-order valence-electron chi connectivity index (χ0n) is 9.79. The standard InChI is InChI=1S/C12H14F2N2O2/c13-8-5-9(16-3-1-15-2-4-16)12-10(6-8)17-7-11(14)18-12/h5-6,11,15H,1-4,7H2. The number of piperazine rings is 1. The lowest BCUT2D eigenvalue weighted by atomic mass is 10.2. The first kappa shape index (κ1) is 11.5. The zero-order valence-corrected chi connectivity index (χ0v) is 9.79. The summed E-state index contributed by atoms with van der Waals surface area (Å²) in [7, 11) is 0. The number of alkyl halides is 1. The van der Waals surface area contributed by atoms with E-state index in [1.54, 1.807) is 0 Å². The van der Waals surface area contributed by atoms with Gasteiger partial charge in [-0.2, -0.15) is 4.39 Å². The van der Waals surface area contributed by atoms with Crippen LogP contribution in [0.4, 0.5) is 14.5 Å². The van der Waals surface area contributed by atoms with E-state index in [4.69, 9.17) is 9.47 Å². The Morgan fingerprint density at radius 1 is 1.28 bits per heavy atom. The second-order valence-electron chi connectivity index (χ2n) is 4.33. The predicted molar refractivity (Wildman–Crippen MR) is 62.5 cm³/mol. The van der Waals surface area contributed by atoms with Crippen molar-refractivity contribution in [3.8, 4) is 11.5 Å². The van der Waals surface area contributed by atoms with Gasteiger partial charge in [0.15, 0.2) is 18.1 Å². The van der Waals surface area contributed by atoms with Gasteiger partial charge in [0.05, 0.1) is 5.69 Å². The molecule has 3 rings (SSSR count). The second kappa shape index (κ2) is 4.61. The summed E-state index contributed by atoms with van der Waals surface area (Å²) in [6.45, 7) is 2.89. The summed E-state index contributed by atoms with van der Waals surface area (Å²) in [4.78, 5) is 1.97. The lowest BCUT2D eigenvalue weighted by molar-refractivity contribution is -0.00272. The van der Waals surface area contributed by atoms with Crippen molar-refractivity contribution in [1.29, 1.82) is 0 Å². The van der Waals surface area contributed by atoms with Gasteiger partial charge in [-0.15, -0.1) is 0 Å². The van der Waals surface area contributed by atoms with Gasteiger partial charge >= 0.3 is 0 Å². The largest absolute Gasteiger partial charge is 0.483 e. The maximum Gasteiger partial charge on any atom is 0.272 e. The molecule has 1 N–H and O–H groups in total. The number of benzene rings is 1. The van der Waals surface area contributed by atoms with Crippen LogP contribution in [0, 0.1) is 5.82 Å². The Morgan fingerprint density at radius 3 is 2.83 bits per heavy atom. The number of ether oxygens (including phenoxy) is 2. The third-order valence-electron chi connectivity index (χ3n) is 3.07. The van der Waals surface area contributed by atoms with Crippen LogP contribution in [0.15, 0.2) is 12.1 Å². The summed E-state index contributed by atoms with van der Waals surface area (Å²) >= 11 is 0. The Balaban J connectivity index is 1.99. The summed E-state index contributed by atoms with van der Waals surface area (Å²) in [5, 5.41) is 3.21. The van der Waals surface area contributed by atoms with Crippen LogP contribution in [-0.2, 0) is 0 Å². The number of hydrogen-bond acceptors (Lipinski definition) is 4. The smallest absolute Gasteiger partial charge is 0.272 e. The van der Waals surface area contributed by atoms with Gasteiger partial charge in [-0.3, -0.25) is 0 Å². The predicted octanol–water partition coefficient (Wildman–Crippen LogP) is 1.30. The van der Waals surface area contributed by atoms with Crippen LogP contribution in [0.3, 0.4) is 0 Å². The lowest BCUT2D eigenvalue weighted by Crippen LogP contribution is -2.44. The van der Waals surface area contributed by atoms with E-state index in [0.29, 0.717) is 11.4 Å². The number of anilines is 1. The Labute approximate surface area is 103 Å². The minimum atomic E-state index is -1.50. The molecular weight excluding hydrogens is 242 g/mol. The average Bonchev–Trinajstić information content (AvgIpc) is 2.39. The van der Waals surface area contributed by atoms with Crippen LogP contribution >= 0.6 is 0 Å². The van der Waals surface area contributed by atoms with E-state index in [-0.39, 0.29) is 12.4 Å². The molecule has 98 valence electrons. The second-order valence-corrected chi connectivity index (χ2v) is 4.33. The van der Waals surface area contributed by atoms with Gasteiger partial charge in [-0.05, 0) is 0 Å². The third kappa shape index (κ3) is 2.08. The lowest BCUT2D eigenvalue weighted by Gasteiger charge is -2.33. The van der Waals surface area contributed by atoms with Crippen molar-refractivity contribution in [2.24, 2.45) is 0 Å². The van der Waals surface area contributed by atoms with E-state index in [1.165, 1.54) is 12.1 Å². The first-order valence-electron chi connectivity index (χ1n) is 5.97. The fourth-order valence-electron chi connectivity index (χ4n) is 2.24. The highest BCUT2D eigenvalue weighted by molar-refractivity contribution is 5.65. The molecule has 1 unspecified atom stereocenters. The molecule has 0 aromatic heterocycles. The number of hydrogen-bond donors (Lipinski definition) is 1. The van der Waals surface area contributed by atoms with Gasteiger partial charge in [0.1, 0.15) is 5.82 Å². The fraction of sp³-hybridized carbons (Fsp3) is 0.500. The summed E-state index contributed by atoms with van der Waals surface area (Å²) in [5.74, 6) is 0.178. The summed E-state index contributed by atoms with van der Waals surface area (Å²) in [5.41, 5.74) is 0.564. The molecule has 0 amide bonds. The topological polar surface area (TPSA) is 33.7 Å². The molecule has 1 aromatic rings. The van der Waals surface area contributed by atoms with Gasteiger partial charge < -0.3 is 19.7 Å². The van der Waals surface area contributed by atoms with Crippen molar-refractivity contribution >= 4 is 5.69 Å². The monoisotopic (exact) mass is 256 g/mol. The van der Waals surface area contributed by atoms with Gasteiger partial charge in [0, 0.05) is 38.3 Å². The summed E-state index contributed by atoms with van der Waals surface area (Å²) < 4.78 is 37.1. The van der Waals surface area contributed by atoms with Crippen LogP contribution in [0.5, 0.6) is 11.5 Å². The van der Waals surface area contributed by atoms with Crippen LogP contribution < -0.4 is 19.7 Å². The molecule has 2 aliphatic heterocycles. The SMILES string of the molecule is Fc1cc2c(c(N3CCNCC3)c1)OC(F)CO2. The molecule has 0 radical (unpaired) electrons. The Hall–Kier alpha value is -1.56. The van der Waals surface area contributed by atoms with Crippen molar-refractivity contribution < 1.29 is 18.3 Å². The number of rotatable bonds is 1. The molecule has 0 saturated carbocycles. The van der Waals surface area contributed by atoms with E-state index in [1.807, 2.05) is 4.90 Å². The van der Waals surface area contributed by atoms with E-state index < -0.39 is 12.2 Å². The average molecular weight is 256 g/mol. The Bertz CT molecular complexity index is 450. The van der Waals surface area contributed by atoms with Gasteiger partial charge in [0.2, 0.25) is 0 Å². The van der Waals surface area contributed by atoms with Crippen molar-refractivity contribution in [2.45, 2.75) is 6.36 Å². The van der Waals surface area contributed by atoms with E-state index in [2.05, 4.69) is 5.32 Å². The Morgan fingerprint density at radius 2 is 2.06 bits per heavy atom. The minimum absolute atomic E-state index is 0.197. The molecule has 0 aliphatic carbocycles. The molecule has 0 spiro atoms. The number of nitrogens with one attached hydrogen (secondary N) is 1. The molecular formula is C12H14F2N2O2. The minimum Gasteiger partial charge on any atom is -0.483 e. The number of fused-ring (bicyclic) bond motifs is 1. The maximum absolute atomic E-state index is 13.5. The van der Waals surface area contributed by atoms with Crippen LogP contribution in [0.1, 0.15) is 0 Å². The molecule has 1 atom stereocenters. The molecule has 4 nitrogen and oxygen atoms in total. The number of nitrogens with zero attached hydrogens (tertiary/aromatic N) is 1. The fourth-order valence-corrected chi connectivity index (χ4v) is 2.24. The Kier molecular flexibility index (Phi) is 2.95. The first-order chi connectivity index (χ1) is 8.74. The molecule has 18 heavy (non-hydrogen) atoms. The van der Waals surface area contributed by atoms with Crippen molar-refractivity contribution in [3.63, 3.8) is 0 Å². The molecule has 2 heterocycles. The molecule has 0 bridgehead atoms. The third-order valence-corrected chi connectivity index (χ3v) is 3.07. The highest BCUT2D eigenvalue weighted by atomic mass is 19.1. The van der Waals surface area contributed by atoms with E-state index in [9.17, 15) is 8.78 Å². The van der Waals surface area contributed by atoms with Crippen molar-refractivity contribution in [1.82, 2.24) is 5.32 Å². The van der Waals surface area contributed by atoms with Gasteiger partial charge in [0.25, 0.3) is 6.36 Å². The molecule has 2 aliphatic rings. The van der Waals surface area contributed by atoms with E-state index in [0.717, 1.165) is 26.2 Å². The molecule has 1 fully saturated rings. The van der Waals surface area contributed by atoms with E-state index >= 15 is 0 Å². The van der Waals surface area contributed by atoms with Crippen LogP contribution in [-0.4, -0.2) is 39.1 Å². The summed E-state index contributed by atoms with van der Waals surface area (Å²) in [6.07, 6.45) is -1.50. The first-order valence-corrected chi connectivity index (χ1v) is 5.97. The molecule has 6 heteroatoms. The maximum atomic E-state index is 13.5. The quantitative estimate of drug-likeness (QED) is 0.821. The number of halogens is 2. The zero-order chi connectivity index (χ0) is 12.5. The van der Waals surface area contributed by atoms with Crippen molar-refractivity contribution in [2.75, 3.05) is 37.7 Å². The van der Waals surface area contributed by atoms with Gasteiger partial charge in [-0.1, -0.05) is 0 Å². The van der Waals surface area contributed by atoms with Crippen LogP contribution in [0.2, 0.25) is 0 Å². The highest BCUT2D eigenvalue weighted by Gasteiger charge is 2.27. The van der Waals surface area contributed by atoms with Crippen LogP contribution in [0.25, 0.3) is 0 Å². The highest BCUT2D eigenvalue weighted by Crippen LogP contribution is 2.41. The van der Waals surface area contributed by atoms with Gasteiger partial charge in [-0.25, -0.2) is 4.39 Å². The van der Waals surface area contributed by atoms with Crippen molar-refractivity contribution in [3.05, 3.63) is 17.9 Å². The summed E-state index contributed by atoms with van der Waals surface area (Å²) in [6, 6.07) is 2.60. The molecule has 1 aromatic carbocycles. The molecule has 1 saturated heterocycles.